The van der Waals surface area contributed by atoms with E-state index in [1.165, 1.54) is 0 Å². The van der Waals surface area contributed by atoms with Crippen molar-refractivity contribution < 1.29 is 79.7 Å². The van der Waals surface area contributed by atoms with E-state index in [0.29, 0.717) is 0 Å². The van der Waals surface area contributed by atoms with E-state index in [-0.39, 0.29) is 0 Å². The molecule has 28 heavy (non-hydrogen) atoms. The molecule has 0 saturated carbocycles. The van der Waals surface area contributed by atoms with E-state index in [9.17, 15) is 70.2 Å². The first kappa shape index (κ1) is 29.0. The molecule has 172 valence electrons. The lowest BCUT2D eigenvalue weighted by molar-refractivity contribution is -0.428. The molecular weight excluding hydrogens is 456 g/mol. The summed E-state index contributed by atoms with van der Waals surface area (Å²) in [5.41, 5.74) is 0. The van der Waals surface area contributed by atoms with Crippen LogP contribution in [0, 0.1) is 0 Å². The monoisotopic (exact) mass is 464 g/mol. The van der Waals surface area contributed by atoms with Gasteiger partial charge in [0.25, 0.3) is 0 Å². The largest absolute Gasteiger partial charge is 0.421 e. The van der Waals surface area contributed by atoms with Gasteiger partial charge in [0.15, 0.2) is 0 Å². The Morgan fingerprint density at radius 1 is 0.464 bits per heavy atom. The molecule has 0 rings (SSSR count). The van der Waals surface area contributed by atoms with E-state index in [4.69, 9.17) is 0 Å². The molecule has 0 radical (unpaired) electrons. The Morgan fingerprint density at radius 3 is 0.893 bits per heavy atom. The number of ether oxygens (including phenoxy) is 2. The zero-order valence-corrected chi connectivity index (χ0v) is 12.6. The molecule has 0 unspecified atom stereocenters. The zero-order valence-electron chi connectivity index (χ0n) is 12.6. The second-order valence-electron chi connectivity index (χ2n) is 4.44. The van der Waals surface area contributed by atoms with Crippen LogP contribution in [0.5, 0.6) is 0 Å². The molecular formula is C10H8F16O2. The highest BCUT2D eigenvalue weighted by Crippen LogP contribution is 2.35. The maximum absolute atomic E-state index is 12.0. The molecule has 0 N–H and O–H groups in total. The molecule has 0 aromatic heterocycles. The molecule has 0 aromatic rings. The van der Waals surface area contributed by atoms with Crippen molar-refractivity contribution in [3.05, 3.63) is 0 Å². The van der Waals surface area contributed by atoms with E-state index < -0.39 is 63.0 Å². The first-order chi connectivity index (χ1) is 12.2. The van der Waals surface area contributed by atoms with Gasteiger partial charge in [-0.2, -0.15) is 35.1 Å². The second-order valence-corrected chi connectivity index (χ2v) is 4.44. The van der Waals surface area contributed by atoms with Crippen molar-refractivity contribution in [3.8, 4) is 0 Å². The molecule has 0 bridgehead atoms. The lowest BCUT2D eigenvalue weighted by Crippen LogP contribution is -2.42. The van der Waals surface area contributed by atoms with Crippen LogP contribution in [0.1, 0.15) is 0 Å². The Labute approximate surface area is 144 Å². The molecule has 0 amide bonds. The highest BCUT2D eigenvalue weighted by atomic mass is 19.3. The molecule has 0 aliphatic carbocycles. The van der Waals surface area contributed by atoms with Gasteiger partial charge >= 0.3 is 49.8 Å². The Balaban J connectivity index is 0. The number of hydrogen-bond acceptors (Lipinski definition) is 2. The first-order valence-corrected chi connectivity index (χ1v) is 6.11. The van der Waals surface area contributed by atoms with Crippen molar-refractivity contribution in [1.29, 1.82) is 0 Å². The lowest BCUT2D eigenvalue weighted by atomic mass is 10.3. The fourth-order valence-electron chi connectivity index (χ4n) is 0.720. The van der Waals surface area contributed by atoms with Crippen LogP contribution in [0.3, 0.4) is 0 Å². The highest BCUT2D eigenvalue weighted by Gasteiger charge is 2.55. The van der Waals surface area contributed by atoms with E-state index in [2.05, 4.69) is 4.74 Å². The fourth-order valence-corrected chi connectivity index (χ4v) is 0.720. The lowest BCUT2D eigenvalue weighted by Gasteiger charge is -2.21. The van der Waals surface area contributed by atoms with Gasteiger partial charge < -0.3 is 4.74 Å². The van der Waals surface area contributed by atoms with Crippen molar-refractivity contribution in [1.82, 2.24) is 0 Å². The van der Waals surface area contributed by atoms with Gasteiger partial charge in [0, 0.05) is 0 Å². The summed E-state index contributed by atoms with van der Waals surface area (Å²) in [4.78, 5) is 0. The molecule has 0 spiro atoms. The topological polar surface area (TPSA) is 18.5 Å². The van der Waals surface area contributed by atoms with Crippen LogP contribution in [-0.4, -0.2) is 63.0 Å². The van der Waals surface area contributed by atoms with Crippen LogP contribution in [0.15, 0.2) is 0 Å². The normalized spacial score (nSPS) is 14.1. The van der Waals surface area contributed by atoms with E-state index in [1.54, 1.807) is 0 Å². The second kappa shape index (κ2) is 10.5. The van der Waals surface area contributed by atoms with Crippen LogP contribution in [0.25, 0.3) is 0 Å². The van der Waals surface area contributed by atoms with E-state index in [0.717, 1.165) is 0 Å². The van der Waals surface area contributed by atoms with Crippen molar-refractivity contribution in [2.75, 3.05) is 13.2 Å². The average molecular weight is 464 g/mol. The Bertz CT molecular complexity index is 399. The Kier molecular flexibility index (Phi) is 10.9. The fraction of sp³-hybridized carbons (Fsp3) is 1.00. The van der Waals surface area contributed by atoms with Gasteiger partial charge in [-0.25, -0.2) is 39.9 Å². The molecule has 0 heterocycles. The van der Waals surface area contributed by atoms with E-state index in [1.807, 2.05) is 4.74 Å². The molecule has 18 heteroatoms. The summed E-state index contributed by atoms with van der Waals surface area (Å²) in [6.07, 6.45) is -28.6. The smallest absolute Gasteiger partial charge is 0.368 e. The summed E-state index contributed by atoms with van der Waals surface area (Å²) in [5, 5.41) is 0. The zero-order chi connectivity index (χ0) is 23.1. The predicted octanol–water partition coefficient (Wildman–Crippen LogP) is 5.52. The highest BCUT2D eigenvalue weighted by molar-refractivity contribution is 4.71. The minimum atomic E-state index is -5.60. The molecule has 0 aliphatic heterocycles. The summed E-state index contributed by atoms with van der Waals surface area (Å²) in [5.74, 6) is -9.25. The van der Waals surface area contributed by atoms with Gasteiger partial charge in [0.05, 0.1) is 0 Å². The van der Waals surface area contributed by atoms with Gasteiger partial charge in [-0.3, -0.25) is 0 Å². The summed E-state index contributed by atoms with van der Waals surface area (Å²) in [7, 11) is 0. The van der Waals surface area contributed by atoms with Crippen LogP contribution in [0.4, 0.5) is 70.2 Å². The molecule has 0 atom stereocenters. The minimum absolute atomic E-state index is 1.98. The molecule has 2 nitrogen and oxygen atoms in total. The third-order valence-electron chi connectivity index (χ3n) is 2.01. The Hall–Kier alpha value is -1.20. The van der Waals surface area contributed by atoms with Gasteiger partial charge in [-0.05, 0) is 0 Å². The van der Waals surface area contributed by atoms with Crippen LogP contribution in [0.2, 0.25) is 0 Å². The van der Waals surface area contributed by atoms with Gasteiger partial charge in [-0.1, -0.05) is 0 Å². The quantitative estimate of drug-likeness (QED) is 0.397. The third-order valence-corrected chi connectivity index (χ3v) is 2.01. The summed E-state index contributed by atoms with van der Waals surface area (Å²) in [6.45, 7) is -4.07. The maximum Gasteiger partial charge on any atom is 0.421 e. The standard InChI is InChI=1S/C6H6F8O.C4H2F8O/c7-3(8)5(11,12)1-15-2-6(13,14)4(9)10;5-1(6)3(9,10)13-4(11,12)2(7)8/h3-4H,1-2H2;1-2H. The van der Waals surface area contributed by atoms with Crippen molar-refractivity contribution in [3.63, 3.8) is 0 Å². The molecule has 0 fully saturated rings. The van der Waals surface area contributed by atoms with Gasteiger partial charge in [-0.15, -0.1) is 0 Å². The molecule has 0 saturated heterocycles. The summed E-state index contributed by atoms with van der Waals surface area (Å²) < 4.78 is 190. The van der Waals surface area contributed by atoms with Crippen molar-refractivity contribution >= 4 is 0 Å². The van der Waals surface area contributed by atoms with Crippen molar-refractivity contribution in [2.45, 2.75) is 49.8 Å². The third kappa shape index (κ3) is 10.4. The molecule has 0 aliphatic rings. The van der Waals surface area contributed by atoms with E-state index >= 15 is 0 Å². The number of halogens is 16. The van der Waals surface area contributed by atoms with Gasteiger partial charge in [0.1, 0.15) is 13.2 Å². The summed E-state index contributed by atoms with van der Waals surface area (Å²) >= 11 is 0. The number of rotatable bonds is 10. The van der Waals surface area contributed by atoms with Crippen molar-refractivity contribution in [2.24, 2.45) is 0 Å². The predicted molar refractivity (Wildman–Crippen MR) is 55.7 cm³/mol. The van der Waals surface area contributed by atoms with Crippen LogP contribution >= 0.6 is 0 Å². The number of alkyl halides is 16. The minimum Gasteiger partial charge on any atom is -0.368 e. The van der Waals surface area contributed by atoms with Crippen LogP contribution in [-0.2, 0) is 9.47 Å². The Morgan fingerprint density at radius 2 is 0.714 bits per heavy atom. The van der Waals surface area contributed by atoms with Gasteiger partial charge in [0.2, 0.25) is 0 Å². The SMILES string of the molecule is FC(F)C(F)(F)COCC(F)(F)C(F)F.FC(F)C(F)(F)OC(F)(F)C(F)F. The first-order valence-electron chi connectivity index (χ1n) is 6.11. The van der Waals surface area contributed by atoms with Crippen LogP contribution < -0.4 is 0 Å². The maximum atomic E-state index is 12.0. The molecule has 0 aromatic carbocycles. The summed E-state index contributed by atoms with van der Waals surface area (Å²) in [6, 6.07) is 0. The average Bonchev–Trinajstić information content (AvgIpc) is 2.45. The number of hydrogen-bond donors (Lipinski definition) is 0.